The number of hydrogen-bond donors (Lipinski definition) is 2. The predicted molar refractivity (Wildman–Crippen MR) is 80.2 cm³/mol. The Bertz CT molecular complexity index is 512. The zero-order chi connectivity index (χ0) is 16.0. The first-order valence-corrected chi connectivity index (χ1v) is 7.14. The van der Waals surface area contributed by atoms with Crippen LogP contribution in [0.3, 0.4) is 0 Å². The summed E-state index contributed by atoms with van der Waals surface area (Å²) in [7, 11) is 1.65. The van der Waals surface area contributed by atoms with Gasteiger partial charge in [0.15, 0.2) is 0 Å². The summed E-state index contributed by atoms with van der Waals surface area (Å²) in [6, 6.07) is 0.134. The Morgan fingerprint density at radius 1 is 1.48 bits per heavy atom. The quantitative estimate of drug-likeness (QED) is 0.560. The molecule has 0 radical (unpaired) electrons. The van der Waals surface area contributed by atoms with Crippen molar-refractivity contribution in [1.29, 1.82) is 0 Å². The molecule has 118 valence electrons. The van der Waals surface area contributed by atoms with Crippen LogP contribution in [0.15, 0.2) is 0 Å². The molecule has 0 aliphatic heterocycles. The fourth-order valence-corrected chi connectivity index (χ4v) is 1.94. The number of carbonyl (C=O) groups excluding carboxylic acids is 1. The molecule has 2 N–H and O–H groups in total. The maximum absolute atomic E-state index is 11.7. The Morgan fingerprint density at radius 3 is 2.67 bits per heavy atom. The van der Waals surface area contributed by atoms with Gasteiger partial charge in [-0.25, -0.2) is 4.68 Å². The van der Waals surface area contributed by atoms with Crippen LogP contribution in [0.5, 0.6) is 0 Å². The molecule has 1 rings (SSSR count). The number of nitro groups is 1. The van der Waals surface area contributed by atoms with E-state index in [2.05, 4.69) is 15.7 Å². The van der Waals surface area contributed by atoms with Crippen LogP contribution >= 0.6 is 0 Å². The van der Waals surface area contributed by atoms with E-state index in [1.807, 2.05) is 20.8 Å². The molecule has 0 aliphatic carbocycles. The van der Waals surface area contributed by atoms with Crippen molar-refractivity contribution >= 4 is 17.4 Å². The number of nitrogens with one attached hydrogen (secondary N) is 2. The first-order valence-electron chi connectivity index (χ1n) is 7.14. The SMILES string of the molecule is CCc1nn(C)c(NCCC(=O)NC(C)CC)c1[N+](=O)[O-]. The van der Waals surface area contributed by atoms with Gasteiger partial charge in [-0.05, 0) is 19.8 Å². The third-order valence-corrected chi connectivity index (χ3v) is 3.27. The molecule has 0 fully saturated rings. The minimum absolute atomic E-state index is 0.0117. The number of aryl methyl sites for hydroxylation is 2. The van der Waals surface area contributed by atoms with Crippen LogP contribution < -0.4 is 10.6 Å². The van der Waals surface area contributed by atoms with Crippen molar-refractivity contribution in [3.8, 4) is 0 Å². The third kappa shape index (κ3) is 4.44. The molecule has 0 aliphatic rings. The number of rotatable bonds is 8. The second kappa shape index (κ2) is 7.61. The van der Waals surface area contributed by atoms with E-state index >= 15 is 0 Å². The van der Waals surface area contributed by atoms with E-state index in [4.69, 9.17) is 0 Å². The van der Waals surface area contributed by atoms with Gasteiger partial charge < -0.3 is 10.6 Å². The number of carbonyl (C=O) groups is 1. The van der Waals surface area contributed by atoms with Crippen LogP contribution in [0.4, 0.5) is 11.5 Å². The van der Waals surface area contributed by atoms with E-state index in [0.29, 0.717) is 24.5 Å². The smallest absolute Gasteiger partial charge is 0.333 e. The van der Waals surface area contributed by atoms with Crippen LogP contribution in [0, 0.1) is 10.1 Å². The predicted octanol–water partition coefficient (Wildman–Crippen LogP) is 1.61. The van der Waals surface area contributed by atoms with E-state index in [0.717, 1.165) is 6.42 Å². The molecule has 1 atom stereocenters. The molecule has 1 aromatic heterocycles. The molecular formula is C13H23N5O3. The van der Waals surface area contributed by atoms with E-state index in [1.54, 1.807) is 7.05 Å². The lowest BCUT2D eigenvalue weighted by Gasteiger charge is -2.11. The summed E-state index contributed by atoms with van der Waals surface area (Å²) in [5.74, 6) is 0.269. The van der Waals surface area contributed by atoms with Gasteiger partial charge in [-0.1, -0.05) is 13.8 Å². The molecule has 8 heteroatoms. The molecule has 0 spiro atoms. The molecule has 1 aromatic rings. The first kappa shape index (κ1) is 16.9. The van der Waals surface area contributed by atoms with Crippen molar-refractivity contribution in [3.63, 3.8) is 0 Å². The Kier molecular flexibility index (Phi) is 6.13. The molecular weight excluding hydrogens is 274 g/mol. The first-order chi connectivity index (χ1) is 9.90. The molecule has 0 saturated heterocycles. The average Bonchev–Trinajstić information content (AvgIpc) is 2.75. The molecule has 1 heterocycles. The van der Waals surface area contributed by atoms with E-state index < -0.39 is 4.92 Å². The lowest BCUT2D eigenvalue weighted by molar-refractivity contribution is -0.384. The van der Waals surface area contributed by atoms with Crippen LogP contribution in [-0.2, 0) is 18.3 Å². The summed E-state index contributed by atoms with van der Waals surface area (Å²) in [6.07, 6.45) is 1.61. The lowest BCUT2D eigenvalue weighted by Crippen LogP contribution is -2.33. The number of aromatic nitrogens is 2. The van der Waals surface area contributed by atoms with E-state index in [-0.39, 0.29) is 24.1 Å². The van der Waals surface area contributed by atoms with Gasteiger partial charge in [0, 0.05) is 26.1 Å². The molecule has 1 amide bonds. The maximum Gasteiger partial charge on any atom is 0.333 e. The third-order valence-electron chi connectivity index (χ3n) is 3.27. The number of hydrogen-bond acceptors (Lipinski definition) is 5. The monoisotopic (exact) mass is 297 g/mol. The van der Waals surface area contributed by atoms with Crippen molar-refractivity contribution in [2.24, 2.45) is 7.05 Å². The maximum atomic E-state index is 11.7. The van der Waals surface area contributed by atoms with Gasteiger partial charge >= 0.3 is 5.69 Å². The van der Waals surface area contributed by atoms with Gasteiger partial charge in [-0.15, -0.1) is 0 Å². The van der Waals surface area contributed by atoms with Crippen molar-refractivity contribution in [3.05, 3.63) is 15.8 Å². The lowest BCUT2D eigenvalue weighted by atomic mass is 10.2. The van der Waals surface area contributed by atoms with Crippen LogP contribution in [0.25, 0.3) is 0 Å². The highest BCUT2D eigenvalue weighted by atomic mass is 16.6. The second-order valence-corrected chi connectivity index (χ2v) is 4.93. The Morgan fingerprint density at radius 2 is 2.14 bits per heavy atom. The van der Waals surface area contributed by atoms with Gasteiger partial charge in [0.05, 0.1) is 4.92 Å². The van der Waals surface area contributed by atoms with Gasteiger partial charge in [-0.2, -0.15) is 5.10 Å². The van der Waals surface area contributed by atoms with Crippen LogP contribution in [0.1, 0.15) is 39.3 Å². The minimum atomic E-state index is -0.437. The zero-order valence-corrected chi connectivity index (χ0v) is 13.0. The van der Waals surface area contributed by atoms with Gasteiger partial charge in [0.2, 0.25) is 11.7 Å². The Balaban J connectivity index is 2.66. The summed E-state index contributed by atoms with van der Waals surface area (Å²) in [5, 5.41) is 21.0. The van der Waals surface area contributed by atoms with Gasteiger partial charge in [0.1, 0.15) is 5.69 Å². The van der Waals surface area contributed by atoms with Crippen LogP contribution in [-0.4, -0.2) is 33.2 Å². The van der Waals surface area contributed by atoms with Crippen molar-refractivity contribution in [2.75, 3.05) is 11.9 Å². The second-order valence-electron chi connectivity index (χ2n) is 4.93. The summed E-state index contributed by atoms with van der Waals surface area (Å²) < 4.78 is 1.45. The van der Waals surface area contributed by atoms with Gasteiger partial charge in [-0.3, -0.25) is 14.9 Å². The minimum Gasteiger partial charge on any atom is -0.364 e. The molecule has 21 heavy (non-hydrogen) atoms. The van der Waals surface area contributed by atoms with E-state index in [1.165, 1.54) is 4.68 Å². The summed E-state index contributed by atoms with van der Waals surface area (Å²) in [5.41, 5.74) is 0.427. The van der Waals surface area contributed by atoms with Crippen molar-refractivity contribution in [2.45, 2.75) is 46.1 Å². The Hall–Kier alpha value is -2.12. The standard InChI is InChI=1S/C13H23N5O3/c1-5-9(3)15-11(19)7-8-14-13-12(18(20)21)10(6-2)16-17(13)4/h9,14H,5-8H2,1-4H3,(H,15,19). The van der Waals surface area contributed by atoms with Crippen molar-refractivity contribution < 1.29 is 9.72 Å². The largest absolute Gasteiger partial charge is 0.364 e. The van der Waals surface area contributed by atoms with Gasteiger partial charge in [0.25, 0.3) is 0 Å². The molecule has 0 saturated carbocycles. The fraction of sp³-hybridized carbons (Fsp3) is 0.692. The highest BCUT2D eigenvalue weighted by Gasteiger charge is 2.25. The summed E-state index contributed by atoms with van der Waals surface area (Å²) >= 11 is 0. The highest BCUT2D eigenvalue weighted by Crippen LogP contribution is 2.28. The normalized spacial score (nSPS) is 12.0. The number of nitrogens with zero attached hydrogens (tertiary/aromatic N) is 3. The molecule has 1 unspecified atom stereocenters. The number of amides is 1. The summed E-state index contributed by atoms with van der Waals surface area (Å²) in [4.78, 5) is 22.4. The molecule has 8 nitrogen and oxygen atoms in total. The van der Waals surface area contributed by atoms with E-state index in [9.17, 15) is 14.9 Å². The zero-order valence-electron chi connectivity index (χ0n) is 13.0. The number of anilines is 1. The average molecular weight is 297 g/mol. The highest BCUT2D eigenvalue weighted by molar-refractivity contribution is 5.76. The Labute approximate surface area is 124 Å². The summed E-state index contributed by atoms with van der Waals surface area (Å²) in [6.45, 7) is 6.07. The van der Waals surface area contributed by atoms with Crippen LogP contribution in [0.2, 0.25) is 0 Å². The molecule has 0 aromatic carbocycles. The fourth-order valence-electron chi connectivity index (χ4n) is 1.94. The molecule has 0 bridgehead atoms. The topological polar surface area (TPSA) is 102 Å². The van der Waals surface area contributed by atoms with Crippen molar-refractivity contribution in [1.82, 2.24) is 15.1 Å².